The van der Waals surface area contributed by atoms with Crippen molar-refractivity contribution < 1.29 is 0 Å². The Morgan fingerprint density at radius 3 is 2.76 bits per heavy atom. The van der Waals surface area contributed by atoms with Crippen LogP contribution in [-0.4, -0.2) is 12.0 Å². The third kappa shape index (κ3) is 2.26. The van der Waals surface area contributed by atoms with Crippen LogP contribution >= 0.6 is 0 Å². The Balaban J connectivity index is 2.55. The van der Waals surface area contributed by atoms with Gasteiger partial charge in [-0.3, -0.25) is 0 Å². The predicted molar refractivity (Wildman–Crippen MR) is 68.7 cm³/mol. The number of benzene rings is 1. The summed E-state index contributed by atoms with van der Waals surface area (Å²) >= 11 is 0. The maximum absolute atomic E-state index is 8.85. The molecule has 0 saturated carbocycles. The number of nitrogens with zero attached hydrogens (tertiary/aromatic N) is 2. The Labute approximate surface area is 101 Å². The summed E-state index contributed by atoms with van der Waals surface area (Å²) in [6.07, 6.45) is 0. The molecule has 0 saturated heterocycles. The van der Waals surface area contributed by atoms with Crippen LogP contribution < -0.4 is 5.32 Å². The lowest BCUT2D eigenvalue weighted by Crippen LogP contribution is -1.93. The van der Waals surface area contributed by atoms with E-state index in [0.29, 0.717) is 5.69 Å². The highest BCUT2D eigenvalue weighted by Crippen LogP contribution is 2.24. The summed E-state index contributed by atoms with van der Waals surface area (Å²) in [5.41, 5.74) is 4.51. The number of aromatic nitrogens is 1. The number of anilines is 1. The van der Waals surface area contributed by atoms with Crippen LogP contribution in [0.3, 0.4) is 0 Å². The van der Waals surface area contributed by atoms with Gasteiger partial charge in [0, 0.05) is 18.3 Å². The van der Waals surface area contributed by atoms with Gasteiger partial charge in [0.2, 0.25) is 0 Å². The van der Waals surface area contributed by atoms with Gasteiger partial charge < -0.3 is 5.32 Å². The van der Waals surface area contributed by atoms with Crippen molar-refractivity contribution in [3.05, 3.63) is 47.7 Å². The fourth-order valence-corrected chi connectivity index (χ4v) is 1.70. The number of nitrogens with one attached hydrogen (secondary N) is 1. The van der Waals surface area contributed by atoms with Crippen molar-refractivity contribution in [2.45, 2.75) is 6.92 Å². The molecule has 1 N–H and O–H groups in total. The van der Waals surface area contributed by atoms with Crippen molar-refractivity contribution in [1.29, 1.82) is 5.26 Å². The fourth-order valence-electron chi connectivity index (χ4n) is 1.70. The molecule has 1 aromatic heterocycles. The minimum absolute atomic E-state index is 0.441. The Kier molecular flexibility index (Phi) is 3.06. The number of rotatable bonds is 2. The number of hydrogen-bond donors (Lipinski definition) is 1. The number of pyridine rings is 1. The van der Waals surface area contributed by atoms with E-state index >= 15 is 0 Å². The molecule has 0 aliphatic carbocycles. The van der Waals surface area contributed by atoms with E-state index in [9.17, 15) is 0 Å². The molecule has 1 aromatic carbocycles. The van der Waals surface area contributed by atoms with Crippen LogP contribution in [0.5, 0.6) is 0 Å². The molecule has 0 bridgehead atoms. The molecule has 0 unspecified atom stereocenters. The van der Waals surface area contributed by atoms with E-state index in [0.717, 1.165) is 22.5 Å². The molecule has 0 aliphatic heterocycles. The number of hydrogen-bond acceptors (Lipinski definition) is 3. The molecule has 2 aromatic rings. The van der Waals surface area contributed by atoms with E-state index in [1.165, 1.54) is 0 Å². The van der Waals surface area contributed by atoms with Gasteiger partial charge in [0.1, 0.15) is 11.8 Å². The summed E-state index contributed by atoms with van der Waals surface area (Å²) in [4.78, 5) is 4.31. The van der Waals surface area contributed by atoms with Crippen LogP contribution in [-0.2, 0) is 0 Å². The molecule has 3 heteroatoms. The van der Waals surface area contributed by atoms with Gasteiger partial charge >= 0.3 is 0 Å². The molecular weight excluding hydrogens is 210 g/mol. The third-order valence-electron chi connectivity index (χ3n) is 2.67. The summed E-state index contributed by atoms with van der Waals surface area (Å²) in [5.74, 6) is 0. The van der Waals surface area contributed by atoms with E-state index in [1.54, 1.807) is 6.07 Å². The minimum atomic E-state index is 0.441. The quantitative estimate of drug-likeness (QED) is 0.851. The van der Waals surface area contributed by atoms with Crippen molar-refractivity contribution in [1.82, 2.24) is 4.98 Å². The zero-order chi connectivity index (χ0) is 12.3. The second kappa shape index (κ2) is 4.67. The van der Waals surface area contributed by atoms with Gasteiger partial charge in [0.15, 0.2) is 0 Å². The van der Waals surface area contributed by atoms with Crippen LogP contribution in [0.25, 0.3) is 11.3 Å². The summed E-state index contributed by atoms with van der Waals surface area (Å²) in [6, 6.07) is 13.6. The highest BCUT2D eigenvalue weighted by Gasteiger charge is 2.05. The first-order valence-electron chi connectivity index (χ1n) is 5.40. The monoisotopic (exact) mass is 223 g/mol. The van der Waals surface area contributed by atoms with Crippen LogP contribution in [0, 0.1) is 18.3 Å². The molecule has 2 rings (SSSR count). The Morgan fingerprint density at radius 2 is 2.06 bits per heavy atom. The third-order valence-corrected chi connectivity index (χ3v) is 2.67. The standard InChI is InChI=1S/C14H13N3/c1-10-6-7-11(16-2)8-13(10)14-5-3-4-12(9-15)17-14/h3-8,16H,1-2H3. The minimum Gasteiger partial charge on any atom is -0.388 e. The van der Waals surface area contributed by atoms with Crippen LogP contribution in [0.15, 0.2) is 36.4 Å². The summed E-state index contributed by atoms with van der Waals surface area (Å²) < 4.78 is 0. The van der Waals surface area contributed by atoms with Crippen molar-refractivity contribution in [3.63, 3.8) is 0 Å². The maximum Gasteiger partial charge on any atom is 0.141 e. The van der Waals surface area contributed by atoms with E-state index < -0.39 is 0 Å². The van der Waals surface area contributed by atoms with Gasteiger partial charge in [-0.25, -0.2) is 4.98 Å². The van der Waals surface area contributed by atoms with Gasteiger partial charge in [-0.2, -0.15) is 5.26 Å². The zero-order valence-corrected chi connectivity index (χ0v) is 9.86. The maximum atomic E-state index is 8.85. The average Bonchev–Trinajstić information content (AvgIpc) is 2.39. The van der Waals surface area contributed by atoms with E-state index in [4.69, 9.17) is 5.26 Å². The fraction of sp³-hybridized carbons (Fsp3) is 0.143. The smallest absolute Gasteiger partial charge is 0.141 e. The molecule has 0 spiro atoms. The largest absolute Gasteiger partial charge is 0.388 e. The molecule has 0 amide bonds. The summed E-state index contributed by atoms with van der Waals surface area (Å²) in [7, 11) is 1.88. The first-order chi connectivity index (χ1) is 8.24. The zero-order valence-electron chi connectivity index (χ0n) is 9.86. The van der Waals surface area contributed by atoms with Gasteiger partial charge in [-0.15, -0.1) is 0 Å². The van der Waals surface area contributed by atoms with Crippen LogP contribution in [0.2, 0.25) is 0 Å². The first-order valence-corrected chi connectivity index (χ1v) is 5.40. The van der Waals surface area contributed by atoms with Crippen molar-refractivity contribution in [3.8, 4) is 17.3 Å². The Bertz CT molecular complexity index is 582. The molecule has 0 fully saturated rings. The van der Waals surface area contributed by atoms with Gasteiger partial charge in [0.25, 0.3) is 0 Å². The SMILES string of the molecule is CNc1ccc(C)c(-c2cccc(C#N)n2)c1. The van der Waals surface area contributed by atoms with Crippen molar-refractivity contribution in [2.24, 2.45) is 0 Å². The predicted octanol–water partition coefficient (Wildman–Crippen LogP) is 2.97. The number of nitriles is 1. The van der Waals surface area contributed by atoms with E-state index in [1.807, 2.05) is 44.3 Å². The van der Waals surface area contributed by atoms with Crippen LogP contribution in [0.1, 0.15) is 11.3 Å². The average molecular weight is 223 g/mol. The van der Waals surface area contributed by atoms with Crippen molar-refractivity contribution >= 4 is 5.69 Å². The lowest BCUT2D eigenvalue weighted by molar-refractivity contribution is 1.25. The molecule has 0 atom stereocenters. The second-order valence-corrected chi connectivity index (χ2v) is 3.80. The van der Waals surface area contributed by atoms with E-state index in [2.05, 4.69) is 16.4 Å². The second-order valence-electron chi connectivity index (χ2n) is 3.80. The van der Waals surface area contributed by atoms with Gasteiger partial charge in [-0.1, -0.05) is 12.1 Å². The number of aryl methyl sites for hydroxylation is 1. The topological polar surface area (TPSA) is 48.7 Å². The van der Waals surface area contributed by atoms with Crippen LogP contribution in [0.4, 0.5) is 5.69 Å². The normalized spacial score (nSPS) is 9.71. The molecule has 84 valence electrons. The summed E-state index contributed by atoms with van der Waals surface area (Å²) in [6.45, 7) is 2.04. The molecule has 0 aliphatic rings. The Morgan fingerprint density at radius 1 is 1.24 bits per heavy atom. The molecule has 17 heavy (non-hydrogen) atoms. The lowest BCUT2D eigenvalue weighted by Gasteiger charge is -2.08. The highest BCUT2D eigenvalue weighted by atomic mass is 14.8. The van der Waals surface area contributed by atoms with E-state index in [-0.39, 0.29) is 0 Å². The van der Waals surface area contributed by atoms with Gasteiger partial charge in [0.05, 0.1) is 5.69 Å². The first kappa shape index (κ1) is 11.2. The van der Waals surface area contributed by atoms with Crippen molar-refractivity contribution in [2.75, 3.05) is 12.4 Å². The molecule has 3 nitrogen and oxygen atoms in total. The lowest BCUT2D eigenvalue weighted by atomic mass is 10.0. The molecule has 1 heterocycles. The highest BCUT2D eigenvalue weighted by molar-refractivity contribution is 5.69. The van der Waals surface area contributed by atoms with Gasteiger partial charge in [-0.05, 0) is 36.8 Å². The Hall–Kier alpha value is -2.34. The summed E-state index contributed by atoms with van der Waals surface area (Å²) in [5, 5.41) is 12.0. The molecule has 0 radical (unpaired) electrons. The molecular formula is C14H13N3.